The normalized spacial score (nSPS) is 18.7. The predicted octanol–water partition coefficient (Wildman–Crippen LogP) is 2.16. The Balaban J connectivity index is 1.67. The molecule has 0 aromatic carbocycles. The van der Waals surface area contributed by atoms with Crippen LogP contribution in [0.15, 0.2) is 41.0 Å². The lowest BCUT2D eigenvalue weighted by molar-refractivity contribution is -0.0134. The minimum Gasteiger partial charge on any atom is -0.481 e. The summed E-state index contributed by atoms with van der Waals surface area (Å²) in [6, 6.07) is 9.14. The molecule has 1 aliphatic rings. The van der Waals surface area contributed by atoms with Gasteiger partial charge in [0, 0.05) is 31.6 Å². The fourth-order valence-corrected chi connectivity index (χ4v) is 2.70. The number of aromatic nitrogens is 1. The van der Waals surface area contributed by atoms with Gasteiger partial charge in [0.05, 0.1) is 32.3 Å². The van der Waals surface area contributed by atoms with Crippen LogP contribution >= 0.6 is 0 Å². The lowest BCUT2D eigenvalue weighted by Gasteiger charge is -2.34. The average molecular weight is 316 g/mol. The van der Waals surface area contributed by atoms with Crippen LogP contribution in [0.5, 0.6) is 5.88 Å². The molecule has 0 bridgehead atoms. The molecule has 6 heteroatoms. The quantitative estimate of drug-likeness (QED) is 0.761. The van der Waals surface area contributed by atoms with Crippen molar-refractivity contribution < 1.29 is 18.7 Å². The number of hydrogen-bond donors (Lipinski definition) is 0. The molecular formula is C17H20N2O4. The summed E-state index contributed by atoms with van der Waals surface area (Å²) in [5.74, 6) is 0.989. The molecule has 0 saturated carbocycles. The number of hydrogen-bond acceptors (Lipinski definition) is 6. The van der Waals surface area contributed by atoms with Crippen molar-refractivity contribution in [3.05, 3.63) is 48.0 Å². The summed E-state index contributed by atoms with van der Waals surface area (Å²) in [6.07, 6.45) is 1.89. The van der Waals surface area contributed by atoms with E-state index in [1.807, 2.05) is 18.2 Å². The van der Waals surface area contributed by atoms with E-state index in [1.165, 1.54) is 6.26 Å². The molecular weight excluding hydrogens is 296 g/mol. The molecule has 0 aliphatic carbocycles. The first-order valence-electron chi connectivity index (χ1n) is 7.64. The number of morpholine rings is 1. The molecule has 0 amide bonds. The third-order valence-electron chi connectivity index (χ3n) is 3.92. The van der Waals surface area contributed by atoms with E-state index >= 15 is 0 Å². The number of Topliss-reactive ketones (excluding diaryl/α,β-unsaturated/α-hetero) is 1. The highest BCUT2D eigenvalue weighted by Gasteiger charge is 2.27. The highest BCUT2D eigenvalue weighted by molar-refractivity contribution is 5.93. The highest BCUT2D eigenvalue weighted by Crippen LogP contribution is 2.18. The van der Waals surface area contributed by atoms with Gasteiger partial charge >= 0.3 is 0 Å². The summed E-state index contributed by atoms with van der Waals surface area (Å²) >= 11 is 0. The molecule has 6 nitrogen and oxygen atoms in total. The maximum Gasteiger partial charge on any atom is 0.213 e. The molecule has 3 heterocycles. The van der Waals surface area contributed by atoms with Crippen LogP contribution < -0.4 is 4.74 Å². The largest absolute Gasteiger partial charge is 0.481 e. The zero-order chi connectivity index (χ0) is 16.1. The van der Waals surface area contributed by atoms with Gasteiger partial charge in [-0.1, -0.05) is 6.07 Å². The number of nitrogens with zero attached hydrogens (tertiary/aromatic N) is 2. The van der Waals surface area contributed by atoms with E-state index in [-0.39, 0.29) is 11.8 Å². The third-order valence-corrected chi connectivity index (χ3v) is 3.92. The second kappa shape index (κ2) is 7.39. The van der Waals surface area contributed by atoms with Crippen molar-refractivity contribution in [3.63, 3.8) is 0 Å². The first kappa shape index (κ1) is 15.7. The number of carbonyl (C=O) groups is 1. The Morgan fingerprint density at radius 3 is 3.09 bits per heavy atom. The smallest absolute Gasteiger partial charge is 0.213 e. The number of carbonyl (C=O) groups excluding carboxylic acids is 1. The Kier molecular flexibility index (Phi) is 5.05. The summed E-state index contributed by atoms with van der Waals surface area (Å²) in [4.78, 5) is 18.9. The van der Waals surface area contributed by atoms with Crippen LogP contribution in [0.25, 0.3) is 0 Å². The van der Waals surface area contributed by atoms with Crippen molar-refractivity contribution >= 4 is 5.78 Å². The van der Waals surface area contributed by atoms with Gasteiger partial charge < -0.3 is 13.9 Å². The van der Waals surface area contributed by atoms with Crippen LogP contribution in [0.3, 0.4) is 0 Å². The number of methoxy groups -OCH3 is 1. The molecule has 0 radical (unpaired) electrons. The van der Waals surface area contributed by atoms with Crippen molar-refractivity contribution in [1.29, 1.82) is 0 Å². The van der Waals surface area contributed by atoms with E-state index in [9.17, 15) is 4.79 Å². The molecule has 1 atom stereocenters. The van der Waals surface area contributed by atoms with E-state index in [4.69, 9.17) is 13.9 Å². The zero-order valence-electron chi connectivity index (χ0n) is 13.1. The number of furan rings is 1. The second-order valence-electron chi connectivity index (χ2n) is 5.48. The molecule has 122 valence electrons. The van der Waals surface area contributed by atoms with Crippen LogP contribution in [0.4, 0.5) is 0 Å². The molecule has 2 aromatic heterocycles. The molecule has 0 spiro atoms. The molecule has 0 N–H and O–H groups in total. The Morgan fingerprint density at radius 2 is 2.30 bits per heavy atom. The number of ether oxygens (including phenoxy) is 2. The third kappa shape index (κ3) is 3.97. The fourth-order valence-electron chi connectivity index (χ4n) is 2.70. The van der Waals surface area contributed by atoms with Gasteiger partial charge in [-0.05, 0) is 18.2 Å². The van der Waals surface area contributed by atoms with Gasteiger partial charge in [0.25, 0.3) is 0 Å². The van der Waals surface area contributed by atoms with Gasteiger partial charge in [-0.25, -0.2) is 4.98 Å². The number of ketones is 1. The highest BCUT2D eigenvalue weighted by atomic mass is 16.5. The standard InChI is InChI=1S/C17H20N2O4/c1-21-17-6-2-4-13(18-17)11-19-7-9-22-12-14(19)10-15(20)16-5-3-8-23-16/h2-6,8,14H,7,9-12H2,1H3/t14-/m1/s1. The van der Waals surface area contributed by atoms with Crippen LogP contribution in [-0.2, 0) is 11.3 Å². The lowest BCUT2D eigenvalue weighted by atomic mass is 10.1. The molecule has 3 rings (SSSR count). The topological polar surface area (TPSA) is 64.8 Å². The van der Waals surface area contributed by atoms with E-state index < -0.39 is 0 Å². The first-order valence-corrected chi connectivity index (χ1v) is 7.64. The van der Waals surface area contributed by atoms with Gasteiger partial charge in [0.2, 0.25) is 5.88 Å². The fraction of sp³-hybridized carbons (Fsp3) is 0.412. The van der Waals surface area contributed by atoms with Crippen LogP contribution in [-0.4, -0.2) is 48.6 Å². The number of rotatable bonds is 6. The van der Waals surface area contributed by atoms with Crippen LogP contribution in [0.1, 0.15) is 22.7 Å². The molecule has 1 fully saturated rings. The van der Waals surface area contributed by atoms with Crippen molar-refractivity contribution in [2.45, 2.75) is 19.0 Å². The van der Waals surface area contributed by atoms with Crippen molar-refractivity contribution in [2.75, 3.05) is 26.9 Å². The minimum absolute atomic E-state index is 0.00546. The number of pyridine rings is 1. The predicted molar refractivity (Wildman–Crippen MR) is 83.5 cm³/mol. The van der Waals surface area contributed by atoms with Crippen molar-refractivity contribution in [1.82, 2.24) is 9.88 Å². The van der Waals surface area contributed by atoms with E-state index in [1.54, 1.807) is 19.2 Å². The van der Waals surface area contributed by atoms with Gasteiger partial charge in [-0.15, -0.1) is 0 Å². The van der Waals surface area contributed by atoms with Gasteiger partial charge in [-0.2, -0.15) is 0 Å². The Bertz CT molecular complexity index is 642. The van der Waals surface area contributed by atoms with E-state index in [0.29, 0.717) is 37.8 Å². The summed E-state index contributed by atoms with van der Waals surface area (Å²) in [5.41, 5.74) is 0.918. The first-order chi connectivity index (χ1) is 11.3. The molecule has 1 saturated heterocycles. The SMILES string of the molecule is COc1cccc(CN2CCOC[C@H]2CC(=O)c2ccco2)n1. The average Bonchev–Trinajstić information content (AvgIpc) is 3.11. The van der Waals surface area contributed by atoms with E-state index in [2.05, 4.69) is 9.88 Å². The monoisotopic (exact) mass is 316 g/mol. The summed E-state index contributed by atoms with van der Waals surface area (Å²) < 4.78 is 15.9. The van der Waals surface area contributed by atoms with Crippen molar-refractivity contribution in [3.8, 4) is 5.88 Å². The molecule has 0 unspecified atom stereocenters. The van der Waals surface area contributed by atoms with Crippen LogP contribution in [0.2, 0.25) is 0 Å². The maximum atomic E-state index is 12.3. The molecule has 1 aliphatic heterocycles. The van der Waals surface area contributed by atoms with Gasteiger partial charge in [0.1, 0.15) is 0 Å². The lowest BCUT2D eigenvalue weighted by Crippen LogP contribution is -2.46. The van der Waals surface area contributed by atoms with Crippen molar-refractivity contribution in [2.24, 2.45) is 0 Å². The minimum atomic E-state index is -0.00546. The Hall–Kier alpha value is -2.18. The Morgan fingerprint density at radius 1 is 1.39 bits per heavy atom. The Labute approximate surface area is 135 Å². The van der Waals surface area contributed by atoms with Gasteiger partial charge in [-0.3, -0.25) is 9.69 Å². The summed E-state index contributed by atoms with van der Waals surface area (Å²) in [7, 11) is 1.60. The van der Waals surface area contributed by atoms with Gasteiger partial charge in [0.15, 0.2) is 11.5 Å². The maximum absolute atomic E-state index is 12.3. The van der Waals surface area contributed by atoms with E-state index in [0.717, 1.165) is 12.2 Å². The second-order valence-corrected chi connectivity index (χ2v) is 5.48. The zero-order valence-corrected chi connectivity index (χ0v) is 13.1. The molecule has 2 aromatic rings. The summed E-state index contributed by atoms with van der Waals surface area (Å²) in [6.45, 7) is 2.64. The van der Waals surface area contributed by atoms with Crippen LogP contribution in [0, 0.1) is 0 Å². The summed E-state index contributed by atoms with van der Waals surface area (Å²) in [5, 5.41) is 0. The molecule has 23 heavy (non-hydrogen) atoms.